The summed E-state index contributed by atoms with van der Waals surface area (Å²) in [6.45, 7) is 0. The van der Waals surface area contributed by atoms with Gasteiger partial charge in [-0.2, -0.15) is 0 Å². The normalized spacial score (nSPS) is 11.7. The second kappa shape index (κ2) is 19.6. The molecule has 0 aliphatic rings. The Balaban J connectivity index is 0.883. The fraction of sp³-hybridized carbons (Fsp3) is 0. The Hall–Kier alpha value is -10.6. The predicted octanol–water partition coefficient (Wildman–Crippen LogP) is 21.0. The maximum atomic E-state index is 5.47. The molecule has 16 rings (SSSR count). The molecular formula is C77H48N4S. The molecule has 0 radical (unpaired) electrons. The summed E-state index contributed by atoms with van der Waals surface area (Å²) in [5, 5.41) is 9.72. The summed E-state index contributed by atoms with van der Waals surface area (Å²) in [6, 6.07) is 105. The first-order valence-electron chi connectivity index (χ1n) is 27.8. The van der Waals surface area contributed by atoms with E-state index >= 15 is 0 Å². The zero-order valence-corrected chi connectivity index (χ0v) is 45.2. The van der Waals surface area contributed by atoms with Gasteiger partial charge in [-0.05, 0) is 120 Å². The van der Waals surface area contributed by atoms with Gasteiger partial charge in [-0.1, -0.05) is 243 Å². The summed E-state index contributed by atoms with van der Waals surface area (Å²) < 4.78 is 4.99. The van der Waals surface area contributed by atoms with Gasteiger partial charge in [-0.25, -0.2) is 15.0 Å². The summed E-state index contributed by atoms with van der Waals surface area (Å²) in [7, 11) is 0. The molecule has 0 saturated heterocycles. The summed E-state index contributed by atoms with van der Waals surface area (Å²) >= 11 is 1.83. The molecule has 0 aliphatic carbocycles. The number of aromatic nitrogens is 4. The Morgan fingerprint density at radius 1 is 0.244 bits per heavy atom. The molecule has 0 saturated carbocycles. The highest BCUT2D eigenvalue weighted by molar-refractivity contribution is 7.25. The van der Waals surface area contributed by atoms with Crippen molar-refractivity contribution in [1.82, 2.24) is 19.5 Å². The quantitative estimate of drug-likeness (QED) is 0.145. The molecule has 0 aliphatic heterocycles. The molecule has 0 amide bonds. The van der Waals surface area contributed by atoms with Gasteiger partial charge in [-0.15, -0.1) is 11.3 Å². The highest BCUT2D eigenvalue weighted by Gasteiger charge is 2.22. The average Bonchev–Trinajstić information content (AvgIpc) is 4.29. The first-order chi connectivity index (χ1) is 40.6. The van der Waals surface area contributed by atoms with Gasteiger partial charge in [0.15, 0.2) is 17.5 Å². The van der Waals surface area contributed by atoms with Gasteiger partial charge < -0.3 is 4.57 Å². The molecule has 5 heteroatoms. The molecule has 0 N–H and O–H groups in total. The maximum absolute atomic E-state index is 5.47. The molecular weight excluding hydrogens is 1010 g/mol. The molecule has 0 bridgehead atoms. The van der Waals surface area contributed by atoms with E-state index in [1.54, 1.807) is 0 Å². The van der Waals surface area contributed by atoms with Crippen molar-refractivity contribution in [3.63, 3.8) is 0 Å². The van der Waals surface area contributed by atoms with Crippen LogP contribution in [0.2, 0.25) is 0 Å². The van der Waals surface area contributed by atoms with Crippen LogP contribution in [0.1, 0.15) is 0 Å². The summed E-state index contributed by atoms with van der Waals surface area (Å²) in [6.07, 6.45) is 0. The summed E-state index contributed by atoms with van der Waals surface area (Å²) in [5.41, 5.74) is 17.5. The zero-order chi connectivity index (χ0) is 54.1. The highest BCUT2D eigenvalue weighted by atomic mass is 32.1. The van der Waals surface area contributed by atoms with E-state index in [2.05, 4.69) is 296 Å². The highest BCUT2D eigenvalue weighted by Crippen LogP contribution is 2.43. The van der Waals surface area contributed by atoms with Crippen molar-refractivity contribution in [2.24, 2.45) is 0 Å². The minimum Gasteiger partial charge on any atom is -0.309 e. The number of benzene rings is 13. The first kappa shape index (κ1) is 47.4. The third-order valence-corrected chi connectivity index (χ3v) is 17.4. The van der Waals surface area contributed by atoms with Crippen LogP contribution in [-0.2, 0) is 0 Å². The lowest BCUT2D eigenvalue weighted by Crippen LogP contribution is -2.02. The van der Waals surface area contributed by atoms with Crippen molar-refractivity contribution < 1.29 is 0 Å². The lowest BCUT2D eigenvalue weighted by molar-refractivity contribution is 1.07. The molecule has 3 aromatic heterocycles. The topological polar surface area (TPSA) is 43.6 Å². The molecule has 0 atom stereocenters. The van der Waals surface area contributed by atoms with E-state index in [1.807, 2.05) is 11.3 Å². The van der Waals surface area contributed by atoms with Crippen LogP contribution in [0.15, 0.2) is 291 Å². The van der Waals surface area contributed by atoms with Crippen LogP contribution in [0.3, 0.4) is 0 Å². The molecule has 382 valence electrons. The SMILES string of the molecule is c1ccc(-c2ccc(-c3ccc(-c4nc(-c5ccc(-c6ccc(-c7ccccc7)cc6)cc5)nc(-c5ccc(-n6c7cc8ccccc8cc7c7ccc8ccccc8c76)cc5-c5ccc6sc7ccccc7c6c5)n4)cc3)cc2)cc1. The van der Waals surface area contributed by atoms with Crippen molar-refractivity contribution in [3.8, 4) is 95.5 Å². The molecule has 13 aromatic carbocycles. The minimum atomic E-state index is 0.594. The Morgan fingerprint density at radius 3 is 1.28 bits per heavy atom. The number of fused-ring (bicyclic) bond motifs is 9. The zero-order valence-electron chi connectivity index (χ0n) is 44.4. The molecule has 0 unspecified atom stereocenters. The van der Waals surface area contributed by atoms with Gasteiger partial charge in [0.2, 0.25) is 0 Å². The standard InChI is InChI=1S/C77H48N4S/c1-3-13-49(14-4-1)51-23-27-53(28-24-51)55-31-35-58(36-32-55)75-78-76(59-37-33-56(34-38-59)54-29-25-52(26-30-54)50-15-5-2-6-16-50)80-77(79-75)67-43-41-63(48-68(67)62-40-44-73-70(46-62)65-21-11-12-22-72(65)82-73)81-71-47-61-19-8-7-18-60(61)45-69(71)66-42-39-57-17-9-10-20-64(57)74(66)81/h1-48H. The monoisotopic (exact) mass is 1060 g/mol. The minimum absolute atomic E-state index is 0.594. The largest absolute Gasteiger partial charge is 0.309 e. The third kappa shape index (κ3) is 8.34. The fourth-order valence-electron chi connectivity index (χ4n) is 12.1. The first-order valence-corrected chi connectivity index (χ1v) is 28.6. The van der Waals surface area contributed by atoms with Crippen LogP contribution < -0.4 is 0 Å². The van der Waals surface area contributed by atoms with Crippen LogP contribution in [0.4, 0.5) is 0 Å². The van der Waals surface area contributed by atoms with E-state index in [1.165, 1.54) is 80.3 Å². The second-order valence-electron chi connectivity index (χ2n) is 21.1. The Kier molecular flexibility index (Phi) is 11.4. The smallest absolute Gasteiger partial charge is 0.164 e. The van der Waals surface area contributed by atoms with E-state index in [0.717, 1.165) is 61.3 Å². The van der Waals surface area contributed by atoms with Gasteiger partial charge in [0.1, 0.15) is 0 Å². The number of hydrogen-bond donors (Lipinski definition) is 0. The van der Waals surface area contributed by atoms with E-state index in [-0.39, 0.29) is 0 Å². The maximum Gasteiger partial charge on any atom is 0.164 e. The molecule has 3 heterocycles. The predicted molar refractivity (Wildman–Crippen MR) is 346 cm³/mol. The second-order valence-corrected chi connectivity index (χ2v) is 22.2. The molecule has 82 heavy (non-hydrogen) atoms. The van der Waals surface area contributed by atoms with Gasteiger partial charge in [0, 0.05) is 58.7 Å². The molecule has 16 aromatic rings. The van der Waals surface area contributed by atoms with Crippen molar-refractivity contribution in [1.29, 1.82) is 0 Å². The van der Waals surface area contributed by atoms with Crippen molar-refractivity contribution in [2.75, 3.05) is 0 Å². The van der Waals surface area contributed by atoms with Crippen molar-refractivity contribution in [2.45, 2.75) is 0 Å². The van der Waals surface area contributed by atoms with Crippen LogP contribution in [-0.4, -0.2) is 19.5 Å². The lowest BCUT2D eigenvalue weighted by atomic mass is 9.96. The summed E-state index contributed by atoms with van der Waals surface area (Å²) in [5.74, 6) is 1.79. The number of rotatable bonds is 9. The fourth-order valence-corrected chi connectivity index (χ4v) is 13.2. The van der Waals surface area contributed by atoms with Crippen LogP contribution in [0.25, 0.3) is 159 Å². The lowest BCUT2D eigenvalue weighted by Gasteiger charge is -2.16. The van der Waals surface area contributed by atoms with Gasteiger partial charge in [0.25, 0.3) is 0 Å². The van der Waals surface area contributed by atoms with Crippen LogP contribution in [0.5, 0.6) is 0 Å². The van der Waals surface area contributed by atoms with Gasteiger partial charge >= 0.3 is 0 Å². The molecule has 4 nitrogen and oxygen atoms in total. The van der Waals surface area contributed by atoms with Crippen molar-refractivity contribution in [3.05, 3.63) is 291 Å². The Labute approximate surface area is 478 Å². The van der Waals surface area contributed by atoms with Gasteiger partial charge in [-0.3, -0.25) is 0 Å². The Morgan fingerprint density at radius 2 is 0.695 bits per heavy atom. The number of hydrogen-bond acceptors (Lipinski definition) is 4. The van der Waals surface area contributed by atoms with Crippen molar-refractivity contribution >= 4 is 74.9 Å². The summed E-state index contributed by atoms with van der Waals surface area (Å²) in [4.78, 5) is 16.3. The average molecular weight is 1060 g/mol. The Bertz CT molecular complexity index is 4960. The molecule has 0 fully saturated rings. The van der Waals surface area contributed by atoms with E-state index in [4.69, 9.17) is 15.0 Å². The number of nitrogens with zero attached hydrogens (tertiary/aromatic N) is 4. The molecule has 0 spiro atoms. The van der Waals surface area contributed by atoms with E-state index in [9.17, 15) is 0 Å². The van der Waals surface area contributed by atoms with Crippen LogP contribution in [0, 0.1) is 0 Å². The third-order valence-electron chi connectivity index (χ3n) is 16.3. The van der Waals surface area contributed by atoms with Gasteiger partial charge in [0.05, 0.1) is 11.0 Å². The van der Waals surface area contributed by atoms with E-state index in [0.29, 0.717) is 17.5 Å². The number of thiophene rings is 1. The van der Waals surface area contributed by atoms with Crippen LogP contribution >= 0.6 is 11.3 Å². The van der Waals surface area contributed by atoms with E-state index < -0.39 is 0 Å².